The fraction of sp³-hybridized carbons (Fsp3) is 0.455. The topological polar surface area (TPSA) is 116 Å². The van der Waals surface area contributed by atoms with Crippen molar-refractivity contribution in [3.63, 3.8) is 0 Å². The molecule has 4 heterocycles. The molecule has 0 spiro atoms. The Kier molecular flexibility index (Phi) is 7.50. The van der Waals surface area contributed by atoms with Crippen LogP contribution in [0.1, 0.15) is 105 Å². The van der Waals surface area contributed by atoms with E-state index in [0.29, 0.717) is 0 Å². The van der Waals surface area contributed by atoms with Gasteiger partial charge in [0.25, 0.3) is 0 Å². The number of fused-ring (bicyclic) bond motifs is 3. The van der Waals surface area contributed by atoms with E-state index in [1.807, 2.05) is 63.7 Å². The molecule has 4 fully saturated rings. The van der Waals surface area contributed by atoms with Crippen molar-refractivity contribution < 1.29 is 19.1 Å². The van der Waals surface area contributed by atoms with Crippen molar-refractivity contribution in [1.29, 1.82) is 0 Å². The molecule has 5 aromatic rings. The summed E-state index contributed by atoms with van der Waals surface area (Å²) < 4.78 is 11.6. The van der Waals surface area contributed by atoms with Crippen LogP contribution in [0, 0.1) is 10.8 Å². The number of amides is 2. The molecule has 2 saturated carbocycles. The largest absolute Gasteiger partial charge is 0.444 e. The van der Waals surface area contributed by atoms with Crippen LogP contribution in [-0.4, -0.2) is 65.2 Å². The maximum absolute atomic E-state index is 13.2. The second kappa shape index (κ2) is 11.7. The number of carbonyl (C=O) groups excluding carboxylic acids is 2. The highest BCUT2D eigenvalue weighted by molar-refractivity contribution is 5.90. The number of nitrogens with one attached hydrogen (secondary N) is 2. The lowest BCUT2D eigenvalue weighted by Crippen LogP contribution is -2.38. The Hall–Kier alpha value is -5.12. The first-order valence-electron chi connectivity index (χ1n) is 19.3. The van der Waals surface area contributed by atoms with E-state index in [1.165, 1.54) is 0 Å². The van der Waals surface area contributed by atoms with E-state index in [4.69, 9.17) is 19.4 Å². The van der Waals surface area contributed by atoms with Gasteiger partial charge in [0, 0.05) is 35.6 Å². The fourth-order valence-electron chi connectivity index (χ4n) is 8.91. The summed E-state index contributed by atoms with van der Waals surface area (Å²) in [4.78, 5) is 47.0. The summed E-state index contributed by atoms with van der Waals surface area (Å²) in [6, 6.07) is 21.6. The van der Waals surface area contributed by atoms with Crippen molar-refractivity contribution in [2.24, 2.45) is 10.8 Å². The molecule has 10 nitrogen and oxygen atoms in total. The normalized spacial score (nSPS) is 27.2. The molecule has 2 aliphatic heterocycles. The monoisotopic (exact) mass is 726 g/mol. The summed E-state index contributed by atoms with van der Waals surface area (Å²) in [6.07, 6.45) is 7.14. The van der Waals surface area contributed by atoms with E-state index in [2.05, 4.69) is 84.5 Å². The predicted octanol–water partition coefficient (Wildman–Crippen LogP) is 10.2. The molecule has 0 unspecified atom stereocenters. The van der Waals surface area contributed by atoms with Crippen molar-refractivity contribution in [1.82, 2.24) is 29.7 Å². The molecule has 2 aliphatic carbocycles. The number of hydrogen-bond acceptors (Lipinski definition) is 6. The molecule has 2 saturated heterocycles. The van der Waals surface area contributed by atoms with E-state index >= 15 is 0 Å². The highest BCUT2D eigenvalue weighted by atomic mass is 16.6. The molecule has 9 rings (SSSR count). The van der Waals surface area contributed by atoms with Gasteiger partial charge in [-0.05, 0) is 112 Å². The van der Waals surface area contributed by atoms with Gasteiger partial charge in [0.15, 0.2) is 0 Å². The van der Waals surface area contributed by atoms with Gasteiger partial charge < -0.3 is 19.4 Å². The number of aromatic amines is 2. The van der Waals surface area contributed by atoms with Crippen LogP contribution in [0.5, 0.6) is 0 Å². The molecular weight excluding hydrogens is 677 g/mol. The molecule has 6 atom stereocenters. The number of carbonyl (C=O) groups is 2. The van der Waals surface area contributed by atoms with Crippen LogP contribution in [0.15, 0.2) is 73.1 Å². The van der Waals surface area contributed by atoms with Crippen LogP contribution in [0.3, 0.4) is 0 Å². The molecular formula is C44H50N6O4. The number of H-pyrrole nitrogens is 2. The summed E-state index contributed by atoms with van der Waals surface area (Å²) in [5.74, 6) is 1.61. The average Bonchev–Trinajstić information content (AvgIpc) is 3.57. The molecule has 4 aliphatic rings. The van der Waals surface area contributed by atoms with Gasteiger partial charge in [-0.3, -0.25) is 9.80 Å². The van der Waals surface area contributed by atoms with Gasteiger partial charge in [0.1, 0.15) is 22.9 Å². The zero-order valence-electron chi connectivity index (χ0n) is 32.5. The molecule has 280 valence electrons. The maximum atomic E-state index is 13.2. The van der Waals surface area contributed by atoms with Gasteiger partial charge >= 0.3 is 12.2 Å². The molecule has 0 radical (unpaired) electrons. The van der Waals surface area contributed by atoms with Gasteiger partial charge in [-0.25, -0.2) is 19.6 Å². The van der Waals surface area contributed by atoms with Crippen LogP contribution in [0.25, 0.3) is 44.4 Å². The standard InChI is InChI=1S/C44H50N6O4/c1-41(2,3)53-39(51)49-33(19-43(7)21-35(43)49)37-45-23-31(47-37)26-11-9-25(10-12-26)27-13-14-29-18-30(16-15-28(29)17-27)32-24-46-38(48-32)34-20-44(8)22-36(44)50(34)40(52)54-42(4,5)6/h9-18,23-24,33-36H,19-22H2,1-8H3,(H,45,47)(H,46,48)/t33-,34-,35+,36+,43-,44-/m0/s1. The quantitative estimate of drug-likeness (QED) is 0.186. The van der Waals surface area contributed by atoms with Crippen LogP contribution >= 0.6 is 0 Å². The fourth-order valence-corrected chi connectivity index (χ4v) is 8.91. The molecule has 2 aromatic heterocycles. The summed E-state index contributed by atoms with van der Waals surface area (Å²) in [5, 5.41) is 2.27. The first-order valence-corrected chi connectivity index (χ1v) is 19.3. The van der Waals surface area contributed by atoms with Crippen LogP contribution in [0.4, 0.5) is 9.59 Å². The molecule has 0 bridgehead atoms. The highest BCUT2D eigenvalue weighted by Crippen LogP contribution is 2.64. The van der Waals surface area contributed by atoms with Gasteiger partial charge in [0.2, 0.25) is 0 Å². The van der Waals surface area contributed by atoms with Crippen molar-refractivity contribution in [2.45, 2.75) is 116 Å². The molecule has 54 heavy (non-hydrogen) atoms. The third kappa shape index (κ3) is 6.13. The van der Waals surface area contributed by atoms with Crippen LogP contribution in [-0.2, 0) is 9.47 Å². The molecule has 10 heteroatoms. The summed E-state index contributed by atoms with van der Waals surface area (Å²) in [7, 11) is 0. The number of nitrogens with zero attached hydrogens (tertiary/aromatic N) is 4. The van der Waals surface area contributed by atoms with Gasteiger partial charge in [-0.1, -0.05) is 62.4 Å². The van der Waals surface area contributed by atoms with E-state index < -0.39 is 11.2 Å². The van der Waals surface area contributed by atoms with E-state index in [9.17, 15) is 9.59 Å². The van der Waals surface area contributed by atoms with E-state index in [-0.39, 0.29) is 47.2 Å². The third-order valence-electron chi connectivity index (χ3n) is 12.0. The van der Waals surface area contributed by atoms with Crippen LogP contribution < -0.4 is 0 Å². The zero-order chi connectivity index (χ0) is 37.9. The minimum Gasteiger partial charge on any atom is -0.444 e. The predicted molar refractivity (Wildman–Crippen MR) is 208 cm³/mol. The van der Waals surface area contributed by atoms with E-state index in [0.717, 1.165) is 81.7 Å². The van der Waals surface area contributed by atoms with Gasteiger partial charge in [-0.15, -0.1) is 0 Å². The number of hydrogen-bond donors (Lipinski definition) is 2. The first kappa shape index (κ1) is 34.6. The molecule has 2 N–H and O–H groups in total. The van der Waals surface area contributed by atoms with Gasteiger partial charge in [-0.2, -0.15) is 0 Å². The van der Waals surface area contributed by atoms with E-state index in [1.54, 1.807) is 0 Å². The number of likely N-dealkylation sites (tertiary alicyclic amines) is 2. The molecule has 2 amide bonds. The molecule has 3 aromatic carbocycles. The summed E-state index contributed by atoms with van der Waals surface area (Å²) in [5.41, 5.74) is 5.16. The Balaban J connectivity index is 0.898. The first-order chi connectivity index (χ1) is 25.5. The Morgan fingerprint density at radius 3 is 1.50 bits per heavy atom. The van der Waals surface area contributed by atoms with Gasteiger partial charge in [0.05, 0.1) is 23.5 Å². The minimum absolute atomic E-state index is 0.124. The SMILES string of the molecule is CC(C)(C)OC(=O)N1[C@H](c2nc(-c3ccc(-c4ccc5cc(-c6c[nH]c([C@@H]7C[C@@]8(C)C[C@H]8N7C(=O)OC(C)(C)C)n6)ccc5c4)cc3)c[nH]2)C[C@@]2(C)C[C@@H]12. The smallest absolute Gasteiger partial charge is 0.411 e. The second-order valence-corrected chi connectivity index (χ2v) is 18.7. The number of imidazole rings is 2. The minimum atomic E-state index is -0.549. The number of aromatic nitrogens is 4. The Labute approximate surface area is 316 Å². The zero-order valence-corrected chi connectivity index (χ0v) is 32.5. The highest BCUT2D eigenvalue weighted by Gasteiger charge is 2.65. The third-order valence-corrected chi connectivity index (χ3v) is 12.0. The number of benzene rings is 3. The average molecular weight is 727 g/mol. The summed E-state index contributed by atoms with van der Waals surface area (Å²) in [6.45, 7) is 15.9. The lowest BCUT2D eigenvalue weighted by Gasteiger charge is -2.29. The van der Waals surface area contributed by atoms with Crippen molar-refractivity contribution in [3.05, 3.63) is 84.7 Å². The lowest BCUT2D eigenvalue weighted by atomic mass is 9.98. The van der Waals surface area contributed by atoms with Crippen molar-refractivity contribution >= 4 is 23.0 Å². The number of piperidine rings is 2. The Morgan fingerprint density at radius 1 is 0.611 bits per heavy atom. The van der Waals surface area contributed by atoms with Crippen LogP contribution in [0.2, 0.25) is 0 Å². The summed E-state index contributed by atoms with van der Waals surface area (Å²) >= 11 is 0. The Morgan fingerprint density at radius 2 is 1.02 bits per heavy atom. The number of ether oxygens (including phenoxy) is 2. The Bertz CT molecular complexity index is 2300. The second-order valence-electron chi connectivity index (χ2n) is 18.7. The van der Waals surface area contributed by atoms with Crippen molar-refractivity contribution in [2.75, 3.05) is 0 Å². The maximum Gasteiger partial charge on any atom is 0.411 e. The lowest BCUT2D eigenvalue weighted by molar-refractivity contribution is 0.0164. The van der Waals surface area contributed by atoms with Crippen molar-refractivity contribution in [3.8, 4) is 33.6 Å². The number of rotatable bonds is 5.